The predicted octanol–water partition coefficient (Wildman–Crippen LogP) is 0.292. The molecule has 3 saturated heterocycles. The first-order chi connectivity index (χ1) is 20.0. The van der Waals surface area contributed by atoms with Gasteiger partial charge in [0.15, 0.2) is 0 Å². The van der Waals surface area contributed by atoms with Crippen molar-refractivity contribution in [2.45, 2.75) is 24.7 Å². The van der Waals surface area contributed by atoms with Crippen LogP contribution in [0.5, 0.6) is 5.75 Å². The molecular formula is C30H38N4O7. The second-order valence-electron chi connectivity index (χ2n) is 11.0. The molecule has 5 aliphatic heterocycles. The maximum Gasteiger partial charge on any atom is 0.249 e. The highest BCUT2D eigenvalue weighted by Gasteiger charge is 2.71. The van der Waals surface area contributed by atoms with E-state index < -0.39 is 29.6 Å². The smallest absolute Gasteiger partial charge is 0.249 e. The standard InChI is InChI=1S/C30H38N4O7/c1-2-40-22-8-6-21(7-9-22)33-12-3-5-23-24(27(33)36)25-28(37)34(15-18-35)26-29(38)32(11-4-10-30(25,26)41-23)14-13-31-16-19-39-20-17-31/h3-10,23-26,35H,2,11-20H2,1H3/t23-,24+,25-,26?,30-/m0/s1. The number of benzene rings is 1. The van der Waals surface area contributed by atoms with E-state index in [-0.39, 0.29) is 30.9 Å². The second kappa shape index (κ2) is 11.6. The van der Waals surface area contributed by atoms with Crippen molar-refractivity contribution < 1.29 is 33.7 Å². The van der Waals surface area contributed by atoms with Crippen molar-refractivity contribution >= 4 is 23.4 Å². The fraction of sp³-hybridized carbons (Fsp3) is 0.567. The van der Waals surface area contributed by atoms with E-state index in [1.165, 1.54) is 4.90 Å². The monoisotopic (exact) mass is 566 g/mol. The number of hydrogen-bond donors (Lipinski definition) is 1. The molecule has 0 radical (unpaired) electrons. The summed E-state index contributed by atoms with van der Waals surface area (Å²) in [5.41, 5.74) is -0.602. The summed E-state index contributed by atoms with van der Waals surface area (Å²) in [7, 11) is 0. The number of hydrogen-bond acceptors (Lipinski definition) is 8. The third kappa shape index (κ3) is 4.84. The highest BCUT2D eigenvalue weighted by Crippen LogP contribution is 2.53. The van der Waals surface area contributed by atoms with Gasteiger partial charge in [-0.05, 0) is 31.2 Å². The van der Waals surface area contributed by atoms with Crippen LogP contribution in [-0.4, -0.2) is 128 Å². The van der Waals surface area contributed by atoms with E-state index in [9.17, 15) is 19.5 Å². The number of likely N-dealkylation sites (tertiary alicyclic amines) is 1. The van der Waals surface area contributed by atoms with Crippen LogP contribution in [0, 0.1) is 11.8 Å². The Balaban J connectivity index is 1.30. The van der Waals surface area contributed by atoms with Crippen LogP contribution in [0.2, 0.25) is 0 Å². The van der Waals surface area contributed by atoms with Crippen molar-refractivity contribution in [1.29, 1.82) is 0 Å². The first kappa shape index (κ1) is 27.9. The molecule has 1 N–H and O–H groups in total. The van der Waals surface area contributed by atoms with Crippen molar-refractivity contribution in [3.8, 4) is 5.75 Å². The lowest BCUT2D eigenvalue weighted by atomic mass is 9.77. The molecule has 220 valence electrons. The Morgan fingerprint density at radius 2 is 1.76 bits per heavy atom. The van der Waals surface area contributed by atoms with Crippen LogP contribution < -0.4 is 9.64 Å². The Morgan fingerprint density at radius 3 is 2.49 bits per heavy atom. The third-order valence-corrected chi connectivity index (χ3v) is 8.83. The minimum Gasteiger partial charge on any atom is -0.494 e. The highest BCUT2D eigenvalue weighted by atomic mass is 16.5. The van der Waals surface area contributed by atoms with Gasteiger partial charge in [0.2, 0.25) is 17.7 Å². The topological polar surface area (TPSA) is 112 Å². The van der Waals surface area contributed by atoms with E-state index in [1.54, 1.807) is 9.80 Å². The lowest BCUT2D eigenvalue weighted by Gasteiger charge is -2.36. The van der Waals surface area contributed by atoms with Gasteiger partial charge >= 0.3 is 0 Å². The summed E-state index contributed by atoms with van der Waals surface area (Å²) < 4.78 is 17.6. The van der Waals surface area contributed by atoms with E-state index in [0.29, 0.717) is 57.4 Å². The molecule has 3 fully saturated rings. The number of aliphatic hydroxyl groups excluding tert-OH is 1. The van der Waals surface area contributed by atoms with Gasteiger partial charge in [0.05, 0.1) is 44.4 Å². The second-order valence-corrected chi connectivity index (χ2v) is 11.0. The molecule has 1 aromatic carbocycles. The lowest BCUT2D eigenvalue weighted by molar-refractivity contribution is -0.147. The molecule has 11 nitrogen and oxygen atoms in total. The third-order valence-electron chi connectivity index (χ3n) is 8.83. The Kier molecular flexibility index (Phi) is 7.86. The number of rotatable bonds is 8. The number of carbonyl (C=O) groups is 3. The van der Waals surface area contributed by atoms with Gasteiger partial charge in [-0.2, -0.15) is 0 Å². The van der Waals surface area contributed by atoms with E-state index in [0.717, 1.165) is 13.1 Å². The zero-order chi connectivity index (χ0) is 28.6. The molecule has 0 saturated carbocycles. The number of aliphatic hydroxyl groups is 1. The summed E-state index contributed by atoms with van der Waals surface area (Å²) in [6.45, 7) is 7.04. The number of nitrogens with zero attached hydrogens (tertiary/aromatic N) is 4. The molecular weight excluding hydrogens is 528 g/mol. The molecule has 6 rings (SSSR count). The number of carbonyl (C=O) groups excluding carboxylic acids is 3. The number of ether oxygens (including phenoxy) is 3. The minimum absolute atomic E-state index is 0.00792. The fourth-order valence-electron chi connectivity index (χ4n) is 6.94. The highest BCUT2D eigenvalue weighted by molar-refractivity contribution is 6.03. The molecule has 0 aliphatic carbocycles. The molecule has 3 amide bonds. The molecule has 0 aromatic heterocycles. The summed E-state index contributed by atoms with van der Waals surface area (Å²) in [4.78, 5) is 49.5. The number of morpholine rings is 1. The van der Waals surface area contributed by atoms with Gasteiger partial charge in [-0.1, -0.05) is 24.3 Å². The maximum atomic E-state index is 14.2. The van der Waals surface area contributed by atoms with E-state index >= 15 is 0 Å². The Morgan fingerprint density at radius 1 is 0.976 bits per heavy atom. The Bertz CT molecular complexity index is 1210. The van der Waals surface area contributed by atoms with Crippen LogP contribution in [0.25, 0.3) is 0 Å². The molecule has 1 unspecified atom stereocenters. The maximum absolute atomic E-state index is 14.2. The Hall–Kier alpha value is -3.25. The lowest BCUT2D eigenvalue weighted by Crippen LogP contribution is -2.56. The fourth-order valence-corrected chi connectivity index (χ4v) is 6.94. The van der Waals surface area contributed by atoms with Crippen molar-refractivity contribution in [3.05, 3.63) is 48.6 Å². The van der Waals surface area contributed by atoms with E-state index in [1.807, 2.05) is 55.5 Å². The largest absolute Gasteiger partial charge is 0.494 e. The van der Waals surface area contributed by atoms with Gasteiger partial charge in [-0.25, -0.2) is 0 Å². The summed E-state index contributed by atoms with van der Waals surface area (Å²) in [5, 5.41) is 9.88. The average molecular weight is 567 g/mol. The summed E-state index contributed by atoms with van der Waals surface area (Å²) >= 11 is 0. The van der Waals surface area contributed by atoms with Crippen molar-refractivity contribution in [3.63, 3.8) is 0 Å². The van der Waals surface area contributed by atoms with E-state index in [2.05, 4.69) is 4.90 Å². The molecule has 5 atom stereocenters. The molecule has 11 heteroatoms. The zero-order valence-corrected chi connectivity index (χ0v) is 23.4. The number of amides is 3. The SMILES string of the molecule is CCOc1ccc(N2CC=C[C@@H]3O[C@]45C=CCN(CCN6CCOCC6)C(=O)C4N(CCO)C(=O)[C@@H]5[C@@H]3C2=O)cc1. The van der Waals surface area contributed by atoms with Gasteiger partial charge in [0.25, 0.3) is 0 Å². The van der Waals surface area contributed by atoms with Crippen molar-refractivity contribution in [2.24, 2.45) is 11.8 Å². The van der Waals surface area contributed by atoms with Crippen LogP contribution in [0.4, 0.5) is 5.69 Å². The quantitative estimate of drug-likeness (QED) is 0.447. The van der Waals surface area contributed by atoms with Crippen LogP contribution in [-0.2, 0) is 23.9 Å². The predicted molar refractivity (Wildman–Crippen MR) is 149 cm³/mol. The van der Waals surface area contributed by atoms with Crippen LogP contribution in [0.15, 0.2) is 48.6 Å². The minimum atomic E-state index is -1.30. The molecule has 5 aliphatic rings. The normalized spacial score (nSPS) is 31.7. The summed E-state index contributed by atoms with van der Waals surface area (Å²) in [5.74, 6) is -1.76. The summed E-state index contributed by atoms with van der Waals surface area (Å²) in [6, 6.07) is 6.36. The molecule has 0 bridgehead atoms. The number of anilines is 1. The molecule has 5 heterocycles. The first-order valence-corrected chi connectivity index (χ1v) is 14.5. The van der Waals surface area contributed by atoms with Gasteiger partial charge in [0.1, 0.15) is 17.4 Å². The van der Waals surface area contributed by atoms with Gasteiger partial charge in [0, 0.05) is 51.5 Å². The molecule has 41 heavy (non-hydrogen) atoms. The van der Waals surface area contributed by atoms with Crippen molar-refractivity contribution in [2.75, 3.05) is 77.1 Å². The molecule has 1 spiro atoms. The van der Waals surface area contributed by atoms with E-state index in [4.69, 9.17) is 14.2 Å². The van der Waals surface area contributed by atoms with Crippen LogP contribution >= 0.6 is 0 Å². The molecule has 1 aromatic rings. The average Bonchev–Trinajstić information content (AvgIpc) is 3.29. The van der Waals surface area contributed by atoms with Gasteiger partial charge < -0.3 is 34.0 Å². The Labute approximate surface area is 239 Å². The van der Waals surface area contributed by atoms with Crippen LogP contribution in [0.3, 0.4) is 0 Å². The van der Waals surface area contributed by atoms with Crippen molar-refractivity contribution in [1.82, 2.24) is 14.7 Å². The first-order valence-electron chi connectivity index (χ1n) is 14.5. The summed E-state index contributed by atoms with van der Waals surface area (Å²) in [6.07, 6.45) is 6.81. The zero-order valence-electron chi connectivity index (χ0n) is 23.4. The van der Waals surface area contributed by atoms with Gasteiger partial charge in [-0.3, -0.25) is 19.3 Å². The van der Waals surface area contributed by atoms with Crippen LogP contribution in [0.1, 0.15) is 6.92 Å². The number of fused-ring (bicyclic) bond motifs is 2. The number of β-amino-alcohol motifs (C(OH)–C–C–N with tert-alkyl or cyclic N) is 1. The van der Waals surface area contributed by atoms with Gasteiger partial charge in [-0.15, -0.1) is 0 Å².